The molecule has 0 spiro atoms. The maximum atomic E-state index is 11.7. The van der Waals surface area contributed by atoms with E-state index in [1.807, 2.05) is 30.3 Å². The van der Waals surface area contributed by atoms with Gasteiger partial charge in [0, 0.05) is 6.07 Å². The molecule has 0 bridgehead atoms. The van der Waals surface area contributed by atoms with E-state index in [0.717, 1.165) is 11.8 Å². The highest BCUT2D eigenvalue weighted by molar-refractivity contribution is 5.79. The van der Waals surface area contributed by atoms with Crippen LogP contribution >= 0.6 is 0 Å². The summed E-state index contributed by atoms with van der Waals surface area (Å²) in [5, 5.41) is 10.5. The standard InChI is InChI=1S/C13H12N4O3/c18-13(8-10-4-2-1-3-5-10)16-15-12-7-6-11(9-14-12)17(19)20/h1-7,9H,8H2,(H,14,15)(H,16,18). The first-order chi connectivity index (χ1) is 9.65. The van der Waals surface area contributed by atoms with Gasteiger partial charge in [0.1, 0.15) is 12.0 Å². The molecule has 1 heterocycles. The summed E-state index contributed by atoms with van der Waals surface area (Å²) in [6.07, 6.45) is 1.35. The van der Waals surface area contributed by atoms with E-state index in [1.54, 1.807) is 0 Å². The monoisotopic (exact) mass is 272 g/mol. The molecule has 0 aliphatic carbocycles. The van der Waals surface area contributed by atoms with E-state index < -0.39 is 4.92 Å². The van der Waals surface area contributed by atoms with Gasteiger partial charge in [0.2, 0.25) is 5.91 Å². The van der Waals surface area contributed by atoms with Crippen LogP contribution in [0.4, 0.5) is 11.5 Å². The zero-order chi connectivity index (χ0) is 14.4. The van der Waals surface area contributed by atoms with Gasteiger partial charge in [-0.1, -0.05) is 30.3 Å². The molecule has 0 atom stereocenters. The van der Waals surface area contributed by atoms with Crippen molar-refractivity contribution in [3.63, 3.8) is 0 Å². The van der Waals surface area contributed by atoms with Crippen molar-refractivity contribution in [2.45, 2.75) is 6.42 Å². The summed E-state index contributed by atoms with van der Waals surface area (Å²) >= 11 is 0. The number of hydrogen-bond donors (Lipinski definition) is 2. The molecular formula is C13H12N4O3. The third-order valence-electron chi connectivity index (χ3n) is 2.50. The van der Waals surface area contributed by atoms with Crippen molar-refractivity contribution in [2.75, 3.05) is 5.43 Å². The van der Waals surface area contributed by atoms with Gasteiger partial charge in [0.25, 0.3) is 5.69 Å². The first-order valence-electron chi connectivity index (χ1n) is 5.84. The summed E-state index contributed by atoms with van der Waals surface area (Å²) in [7, 11) is 0. The molecule has 1 amide bonds. The van der Waals surface area contributed by atoms with E-state index in [4.69, 9.17) is 0 Å². The zero-order valence-corrected chi connectivity index (χ0v) is 10.4. The number of hydrazine groups is 1. The third-order valence-corrected chi connectivity index (χ3v) is 2.50. The molecular weight excluding hydrogens is 260 g/mol. The van der Waals surface area contributed by atoms with Crippen LogP contribution in [0, 0.1) is 10.1 Å². The van der Waals surface area contributed by atoms with Crippen molar-refractivity contribution in [3.05, 3.63) is 64.3 Å². The normalized spacial score (nSPS) is 9.80. The summed E-state index contributed by atoms with van der Waals surface area (Å²) in [6, 6.07) is 12.0. The van der Waals surface area contributed by atoms with Gasteiger partial charge < -0.3 is 0 Å². The number of carbonyl (C=O) groups excluding carboxylic acids is 1. The van der Waals surface area contributed by atoms with E-state index in [9.17, 15) is 14.9 Å². The van der Waals surface area contributed by atoms with E-state index in [2.05, 4.69) is 15.8 Å². The quantitative estimate of drug-likeness (QED) is 0.637. The number of hydrogen-bond acceptors (Lipinski definition) is 5. The lowest BCUT2D eigenvalue weighted by Crippen LogP contribution is -2.31. The number of amides is 1. The molecule has 0 unspecified atom stereocenters. The first kappa shape index (κ1) is 13.5. The smallest absolute Gasteiger partial charge is 0.282 e. The molecule has 0 saturated heterocycles. The highest BCUT2D eigenvalue weighted by Gasteiger charge is 2.06. The van der Waals surface area contributed by atoms with Gasteiger partial charge in [0.05, 0.1) is 11.3 Å². The number of rotatable bonds is 5. The number of pyridine rings is 1. The molecule has 7 nitrogen and oxygen atoms in total. The third kappa shape index (κ3) is 3.77. The molecule has 2 rings (SSSR count). The Labute approximate surface area is 114 Å². The van der Waals surface area contributed by atoms with E-state index in [1.165, 1.54) is 12.1 Å². The van der Waals surface area contributed by atoms with Crippen molar-refractivity contribution in [2.24, 2.45) is 0 Å². The first-order valence-corrected chi connectivity index (χ1v) is 5.84. The summed E-state index contributed by atoms with van der Waals surface area (Å²) in [6.45, 7) is 0. The second kappa shape index (κ2) is 6.28. The Morgan fingerprint density at radius 2 is 1.95 bits per heavy atom. The van der Waals surface area contributed by atoms with Gasteiger partial charge in [-0.15, -0.1) is 0 Å². The Kier molecular flexibility index (Phi) is 4.23. The zero-order valence-electron chi connectivity index (χ0n) is 10.4. The Hall–Kier alpha value is -2.96. The number of aromatic nitrogens is 1. The van der Waals surface area contributed by atoms with Crippen LogP contribution in [0.25, 0.3) is 0 Å². The van der Waals surface area contributed by atoms with E-state index in [0.29, 0.717) is 5.82 Å². The summed E-state index contributed by atoms with van der Waals surface area (Å²) < 4.78 is 0. The minimum atomic E-state index is -0.537. The van der Waals surface area contributed by atoms with E-state index >= 15 is 0 Å². The highest BCUT2D eigenvalue weighted by atomic mass is 16.6. The van der Waals surface area contributed by atoms with Crippen LogP contribution in [0.2, 0.25) is 0 Å². The molecule has 7 heteroatoms. The number of nitro groups is 1. The Balaban J connectivity index is 1.85. The SMILES string of the molecule is O=C(Cc1ccccc1)NNc1ccc([N+](=O)[O-])cn1. The van der Waals surface area contributed by atoms with Crippen LogP contribution in [0.3, 0.4) is 0 Å². The van der Waals surface area contributed by atoms with Crippen LogP contribution in [-0.4, -0.2) is 15.8 Å². The predicted octanol–water partition coefficient (Wildman–Crippen LogP) is 1.68. The van der Waals surface area contributed by atoms with Crippen molar-refractivity contribution in [1.82, 2.24) is 10.4 Å². The van der Waals surface area contributed by atoms with Gasteiger partial charge in [-0.3, -0.25) is 25.8 Å². The summed E-state index contributed by atoms with van der Waals surface area (Å²) in [5.74, 6) is 0.105. The van der Waals surface area contributed by atoms with Gasteiger partial charge >= 0.3 is 0 Å². The lowest BCUT2D eigenvalue weighted by molar-refractivity contribution is -0.385. The van der Waals surface area contributed by atoms with Crippen molar-refractivity contribution in [1.29, 1.82) is 0 Å². The molecule has 20 heavy (non-hydrogen) atoms. The molecule has 1 aromatic carbocycles. The molecule has 2 N–H and O–H groups in total. The van der Waals surface area contributed by atoms with Gasteiger partial charge in [-0.25, -0.2) is 4.98 Å². The lowest BCUT2D eigenvalue weighted by atomic mass is 10.1. The van der Waals surface area contributed by atoms with Crippen LogP contribution in [0.15, 0.2) is 48.7 Å². The minimum absolute atomic E-state index is 0.105. The lowest BCUT2D eigenvalue weighted by Gasteiger charge is -2.07. The predicted molar refractivity (Wildman–Crippen MR) is 72.8 cm³/mol. The maximum absolute atomic E-state index is 11.7. The fourth-order valence-electron chi connectivity index (χ4n) is 1.53. The Morgan fingerprint density at radius 1 is 1.20 bits per heavy atom. The number of nitrogens with one attached hydrogen (secondary N) is 2. The molecule has 2 aromatic rings. The molecule has 0 radical (unpaired) electrons. The summed E-state index contributed by atoms with van der Waals surface area (Å²) in [4.78, 5) is 25.4. The molecule has 0 aliphatic rings. The second-order valence-electron chi connectivity index (χ2n) is 3.99. The fourth-order valence-corrected chi connectivity index (χ4v) is 1.53. The number of nitrogens with zero attached hydrogens (tertiary/aromatic N) is 2. The van der Waals surface area contributed by atoms with Crippen LogP contribution < -0.4 is 10.9 Å². The maximum Gasteiger partial charge on any atom is 0.287 e. The minimum Gasteiger partial charge on any atom is -0.282 e. The van der Waals surface area contributed by atoms with Gasteiger partial charge in [-0.2, -0.15) is 0 Å². The molecule has 1 aromatic heterocycles. The Bertz CT molecular complexity index is 599. The molecule has 102 valence electrons. The fraction of sp³-hybridized carbons (Fsp3) is 0.0769. The Morgan fingerprint density at radius 3 is 2.55 bits per heavy atom. The average molecular weight is 272 g/mol. The summed E-state index contributed by atoms with van der Waals surface area (Å²) in [5.41, 5.74) is 5.86. The van der Waals surface area contributed by atoms with Crippen LogP contribution in [-0.2, 0) is 11.2 Å². The van der Waals surface area contributed by atoms with Crippen LogP contribution in [0.5, 0.6) is 0 Å². The van der Waals surface area contributed by atoms with Crippen molar-refractivity contribution >= 4 is 17.4 Å². The van der Waals surface area contributed by atoms with Gasteiger partial charge in [-0.05, 0) is 11.6 Å². The van der Waals surface area contributed by atoms with E-state index in [-0.39, 0.29) is 18.0 Å². The van der Waals surface area contributed by atoms with Gasteiger partial charge in [0.15, 0.2) is 0 Å². The number of benzene rings is 1. The topological polar surface area (TPSA) is 97.2 Å². The largest absolute Gasteiger partial charge is 0.287 e. The molecule has 0 aliphatic heterocycles. The van der Waals surface area contributed by atoms with Crippen LogP contribution in [0.1, 0.15) is 5.56 Å². The molecule has 0 saturated carbocycles. The average Bonchev–Trinajstić information content (AvgIpc) is 2.46. The molecule has 0 fully saturated rings. The van der Waals surface area contributed by atoms with Crippen molar-refractivity contribution < 1.29 is 9.72 Å². The van der Waals surface area contributed by atoms with Crippen molar-refractivity contribution in [3.8, 4) is 0 Å². The number of anilines is 1. The number of carbonyl (C=O) groups is 1. The second-order valence-corrected chi connectivity index (χ2v) is 3.99. The highest BCUT2D eigenvalue weighted by Crippen LogP contribution is 2.10.